The number of nitrogens with one attached hydrogen (secondary N) is 1. The summed E-state index contributed by atoms with van der Waals surface area (Å²) in [5.74, 6) is 0.466. The minimum atomic E-state index is -0.911. The molecule has 3 aromatic carbocycles. The molecule has 0 unspecified atom stereocenters. The zero-order chi connectivity index (χ0) is 27.1. The van der Waals surface area contributed by atoms with E-state index in [4.69, 9.17) is 21.4 Å². The Hall–Kier alpha value is -4.43. The van der Waals surface area contributed by atoms with E-state index in [2.05, 4.69) is 10.3 Å². The van der Waals surface area contributed by atoms with Crippen LogP contribution in [0.3, 0.4) is 0 Å². The van der Waals surface area contributed by atoms with Gasteiger partial charge < -0.3 is 15.2 Å². The molecule has 0 saturated carbocycles. The van der Waals surface area contributed by atoms with Crippen molar-refractivity contribution in [2.24, 2.45) is 0 Å². The van der Waals surface area contributed by atoms with E-state index in [1.165, 1.54) is 10.8 Å². The topological polar surface area (TPSA) is 111 Å². The molecule has 0 spiro atoms. The van der Waals surface area contributed by atoms with Crippen molar-refractivity contribution in [1.82, 2.24) is 9.55 Å². The Morgan fingerprint density at radius 1 is 0.974 bits per heavy atom. The minimum Gasteiger partial charge on any atom is -0.481 e. The number of anilines is 2. The molecule has 0 fully saturated rings. The molecule has 1 heterocycles. The molecule has 0 aliphatic rings. The standard InChI is InChI=1S/C29H26ClN3O5/c1-2-24(34)16-21-17-31-29(33(28(21)37)18-19-6-8-22(30)9-7-19)32-23-10-12-25(13-11-23)38-26-5-3-4-20(14-26)15-27(35)36/h3-14,17H,2,15-16,18H2,1H3,(H,31,32)(H,35,36). The number of ether oxygens (including phenoxy) is 1. The van der Waals surface area contributed by atoms with Crippen molar-refractivity contribution in [1.29, 1.82) is 0 Å². The second kappa shape index (κ2) is 12.2. The molecule has 0 bridgehead atoms. The second-order valence-electron chi connectivity index (χ2n) is 8.66. The SMILES string of the molecule is CCC(=O)Cc1cnc(Nc2ccc(Oc3cccc(CC(=O)O)c3)cc2)n(Cc2ccc(Cl)cc2)c1=O. The lowest BCUT2D eigenvalue weighted by atomic mass is 10.1. The number of aliphatic carboxylic acids is 1. The molecule has 0 atom stereocenters. The molecule has 4 aromatic rings. The lowest BCUT2D eigenvalue weighted by Crippen LogP contribution is -2.28. The number of halogens is 1. The third-order valence-electron chi connectivity index (χ3n) is 5.75. The van der Waals surface area contributed by atoms with Gasteiger partial charge in [-0.25, -0.2) is 4.98 Å². The smallest absolute Gasteiger partial charge is 0.307 e. The highest BCUT2D eigenvalue weighted by Crippen LogP contribution is 2.25. The normalized spacial score (nSPS) is 10.7. The summed E-state index contributed by atoms with van der Waals surface area (Å²) in [6.07, 6.45) is 1.73. The van der Waals surface area contributed by atoms with Crippen molar-refractivity contribution in [2.75, 3.05) is 5.32 Å². The molecule has 0 amide bonds. The lowest BCUT2D eigenvalue weighted by Gasteiger charge is -2.15. The van der Waals surface area contributed by atoms with Crippen LogP contribution in [0.2, 0.25) is 5.02 Å². The van der Waals surface area contributed by atoms with Crippen molar-refractivity contribution in [3.8, 4) is 11.5 Å². The van der Waals surface area contributed by atoms with Crippen LogP contribution in [0, 0.1) is 0 Å². The highest BCUT2D eigenvalue weighted by molar-refractivity contribution is 6.30. The van der Waals surface area contributed by atoms with E-state index in [9.17, 15) is 14.4 Å². The molecule has 0 aliphatic heterocycles. The van der Waals surface area contributed by atoms with Crippen molar-refractivity contribution in [3.63, 3.8) is 0 Å². The summed E-state index contributed by atoms with van der Waals surface area (Å²) in [6.45, 7) is 2.01. The Morgan fingerprint density at radius 3 is 2.39 bits per heavy atom. The maximum atomic E-state index is 13.3. The van der Waals surface area contributed by atoms with Gasteiger partial charge in [0.2, 0.25) is 5.95 Å². The van der Waals surface area contributed by atoms with Crippen molar-refractivity contribution in [2.45, 2.75) is 32.7 Å². The number of hydrogen-bond donors (Lipinski definition) is 2. The highest BCUT2D eigenvalue weighted by atomic mass is 35.5. The monoisotopic (exact) mass is 531 g/mol. The van der Waals surface area contributed by atoms with Crippen LogP contribution in [0.4, 0.5) is 11.6 Å². The fourth-order valence-electron chi connectivity index (χ4n) is 3.78. The number of Topliss-reactive ketones (excluding diaryl/α,β-unsaturated/α-hetero) is 1. The fourth-order valence-corrected chi connectivity index (χ4v) is 3.90. The maximum Gasteiger partial charge on any atom is 0.307 e. The van der Waals surface area contributed by atoms with E-state index < -0.39 is 5.97 Å². The summed E-state index contributed by atoms with van der Waals surface area (Å²) >= 11 is 6.01. The first-order valence-electron chi connectivity index (χ1n) is 12.0. The number of carboxylic acids is 1. The zero-order valence-corrected chi connectivity index (χ0v) is 21.4. The first-order valence-corrected chi connectivity index (χ1v) is 12.4. The first kappa shape index (κ1) is 26.6. The van der Waals surface area contributed by atoms with Crippen molar-refractivity contribution >= 4 is 35.0 Å². The van der Waals surface area contributed by atoms with E-state index in [0.29, 0.717) is 45.7 Å². The van der Waals surface area contributed by atoms with E-state index in [1.807, 2.05) is 12.1 Å². The van der Waals surface area contributed by atoms with Crippen LogP contribution >= 0.6 is 11.6 Å². The number of hydrogen-bond acceptors (Lipinski definition) is 6. The Bertz CT molecular complexity index is 1500. The summed E-state index contributed by atoms with van der Waals surface area (Å²) in [5.41, 5.74) is 2.22. The van der Waals surface area contributed by atoms with Gasteiger partial charge in [-0.15, -0.1) is 0 Å². The van der Waals surface area contributed by atoms with E-state index in [1.54, 1.807) is 67.6 Å². The largest absolute Gasteiger partial charge is 0.481 e. The minimum absolute atomic E-state index is 0.0307. The molecular weight excluding hydrogens is 506 g/mol. The second-order valence-corrected chi connectivity index (χ2v) is 9.10. The summed E-state index contributed by atoms with van der Waals surface area (Å²) in [7, 11) is 0. The molecule has 0 saturated heterocycles. The molecule has 9 heteroatoms. The summed E-state index contributed by atoms with van der Waals surface area (Å²) in [5, 5.41) is 12.8. The van der Waals surface area contributed by atoms with Gasteiger partial charge in [-0.2, -0.15) is 0 Å². The van der Waals surface area contributed by atoms with Gasteiger partial charge in [0.1, 0.15) is 17.3 Å². The van der Waals surface area contributed by atoms with Gasteiger partial charge >= 0.3 is 5.97 Å². The van der Waals surface area contributed by atoms with Gasteiger partial charge in [-0.1, -0.05) is 42.8 Å². The van der Waals surface area contributed by atoms with Gasteiger partial charge in [0.15, 0.2) is 0 Å². The molecule has 0 aliphatic carbocycles. The van der Waals surface area contributed by atoms with E-state index >= 15 is 0 Å². The molecule has 0 radical (unpaired) electrons. The maximum absolute atomic E-state index is 13.3. The number of rotatable bonds is 11. The van der Waals surface area contributed by atoms with Gasteiger partial charge in [0.25, 0.3) is 5.56 Å². The molecule has 38 heavy (non-hydrogen) atoms. The number of benzene rings is 3. The van der Waals surface area contributed by atoms with Crippen LogP contribution in [-0.2, 0) is 29.0 Å². The quantitative estimate of drug-likeness (QED) is 0.258. The van der Waals surface area contributed by atoms with Crippen molar-refractivity contribution in [3.05, 3.63) is 111 Å². The number of ketones is 1. The van der Waals surface area contributed by atoms with Crippen LogP contribution in [-0.4, -0.2) is 26.4 Å². The molecule has 1 aromatic heterocycles. The van der Waals surface area contributed by atoms with Crippen LogP contribution in [0.5, 0.6) is 11.5 Å². The summed E-state index contributed by atoms with van der Waals surface area (Å²) in [6, 6.07) is 21.1. The van der Waals surface area contributed by atoms with E-state index in [0.717, 1.165) is 5.56 Å². The number of carbonyl (C=O) groups is 2. The Balaban J connectivity index is 1.56. The zero-order valence-electron chi connectivity index (χ0n) is 20.7. The fraction of sp³-hybridized carbons (Fsp3) is 0.172. The van der Waals surface area contributed by atoms with Gasteiger partial charge in [-0.3, -0.25) is 19.0 Å². The van der Waals surface area contributed by atoms with Gasteiger partial charge in [0, 0.05) is 35.3 Å². The molecule has 8 nitrogen and oxygen atoms in total. The molecule has 2 N–H and O–H groups in total. The molecule has 194 valence electrons. The predicted octanol–water partition coefficient (Wildman–Crippen LogP) is 5.63. The Labute approximate surface area is 224 Å². The average molecular weight is 532 g/mol. The number of aromatic nitrogens is 2. The average Bonchev–Trinajstić information content (AvgIpc) is 2.89. The third-order valence-corrected chi connectivity index (χ3v) is 6.01. The molecule has 4 rings (SSSR count). The van der Waals surface area contributed by atoms with Gasteiger partial charge in [0.05, 0.1) is 13.0 Å². The number of carbonyl (C=O) groups excluding carboxylic acids is 1. The third kappa shape index (κ3) is 7.08. The lowest BCUT2D eigenvalue weighted by molar-refractivity contribution is -0.136. The molecular formula is C29H26ClN3O5. The van der Waals surface area contributed by atoms with Crippen LogP contribution in [0.1, 0.15) is 30.0 Å². The predicted molar refractivity (Wildman–Crippen MR) is 146 cm³/mol. The summed E-state index contributed by atoms with van der Waals surface area (Å²) < 4.78 is 7.37. The first-order chi connectivity index (χ1) is 18.3. The highest BCUT2D eigenvalue weighted by Gasteiger charge is 2.14. The Kier molecular flexibility index (Phi) is 8.55. The van der Waals surface area contributed by atoms with Crippen molar-refractivity contribution < 1.29 is 19.4 Å². The van der Waals surface area contributed by atoms with Gasteiger partial charge in [-0.05, 0) is 59.7 Å². The van der Waals surface area contributed by atoms with Crippen LogP contribution < -0.4 is 15.6 Å². The number of carboxylic acid groups (broad SMARTS) is 1. The number of nitrogens with zero attached hydrogens (tertiary/aromatic N) is 2. The Morgan fingerprint density at radius 2 is 1.71 bits per heavy atom. The van der Waals surface area contributed by atoms with Crippen LogP contribution in [0.25, 0.3) is 0 Å². The summed E-state index contributed by atoms with van der Waals surface area (Å²) in [4.78, 5) is 40.7. The van der Waals surface area contributed by atoms with Crippen LogP contribution in [0.15, 0.2) is 83.8 Å². The van der Waals surface area contributed by atoms with E-state index in [-0.39, 0.29) is 30.7 Å².